The molecule has 2 aromatic rings. The molecule has 3 amide bonds. The van der Waals surface area contributed by atoms with Crippen LogP contribution < -0.4 is 10.1 Å². The number of carbonyl (C=O) groups is 2. The number of aryl methyl sites for hydroxylation is 1. The van der Waals surface area contributed by atoms with Crippen LogP contribution >= 0.6 is 0 Å². The minimum absolute atomic E-state index is 0.0210. The zero-order valence-electron chi connectivity index (χ0n) is 14.3. The van der Waals surface area contributed by atoms with Gasteiger partial charge in [0.25, 0.3) is 5.91 Å². The Kier molecular flexibility index (Phi) is 4.20. The maximum absolute atomic E-state index is 13.4. The highest BCUT2D eigenvalue weighted by molar-refractivity contribution is 6.07. The minimum Gasteiger partial charge on any atom is -0.496 e. The van der Waals surface area contributed by atoms with Gasteiger partial charge in [-0.25, -0.2) is 9.18 Å². The summed E-state index contributed by atoms with van der Waals surface area (Å²) < 4.78 is 18.6. The molecule has 0 bridgehead atoms. The molecule has 1 aliphatic heterocycles. The zero-order chi connectivity index (χ0) is 18.2. The summed E-state index contributed by atoms with van der Waals surface area (Å²) >= 11 is 0. The standard InChI is InChI=1S/C19H19FN2O3/c1-12-9-14(7-8-16(12)25-3)19(2)17(23)22(18(24)21-19)11-13-5-4-6-15(20)10-13/h4-10H,11H2,1-3H3,(H,21,24). The van der Waals surface area contributed by atoms with Gasteiger partial charge < -0.3 is 10.1 Å². The van der Waals surface area contributed by atoms with Crippen molar-refractivity contribution in [1.29, 1.82) is 0 Å². The number of imide groups is 1. The van der Waals surface area contributed by atoms with Gasteiger partial charge in [0.1, 0.15) is 17.1 Å². The Bertz CT molecular complexity index is 852. The molecule has 25 heavy (non-hydrogen) atoms. The molecule has 0 aromatic heterocycles. The lowest BCUT2D eigenvalue weighted by Gasteiger charge is -2.23. The van der Waals surface area contributed by atoms with Gasteiger partial charge in [0.05, 0.1) is 13.7 Å². The Labute approximate surface area is 145 Å². The average molecular weight is 342 g/mol. The summed E-state index contributed by atoms with van der Waals surface area (Å²) in [5.74, 6) is -0.0647. The van der Waals surface area contributed by atoms with E-state index in [1.807, 2.05) is 13.0 Å². The first kappa shape index (κ1) is 17.0. The minimum atomic E-state index is -1.17. The number of amides is 3. The van der Waals surface area contributed by atoms with E-state index in [2.05, 4.69) is 5.32 Å². The fraction of sp³-hybridized carbons (Fsp3) is 0.263. The van der Waals surface area contributed by atoms with Crippen molar-refractivity contribution in [2.75, 3.05) is 7.11 Å². The smallest absolute Gasteiger partial charge is 0.325 e. The van der Waals surface area contributed by atoms with Gasteiger partial charge in [-0.2, -0.15) is 0 Å². The predicted octanol–water partition coefficient (Wildman–Crippen LogP) is 3.11. The van der Waals surface area contributed by atoms with E-state index in [0.717, 1.165) is 10.5 Å². The monoisotopic (exact) mass is 342 g/mol. The number of urea groups is 1. The summed E-state index contributed by atoms with van der Waals surface area (Å²) in [5, 5.41) is 2.75. The average Bonchev–Trinajstić information content (AvgIpc) is 2.79. The molecule has 1 N–H and O–H groups in total. The molecule has 130 valence electrons. The first-order valence-corrected chi connectivity index (χ1v) is 7.89. The lowest BCUT2D eigenvalue weighted by atomic mass is 9.90. The van der Waals surface area contributed by atoms with Gasteiger partial charge in [-0.3, -0.25) is 9.69 Å². The van der Waals surface area contributed by atoms with Crippen LogP contribution in [-0.4, -0.2) is 23.9 Å². The zero-order valence-corrected chi connectivity index (χ0v) is 14.3. The number of benzene rings is 2. The highest BCUT2D eigenvalue weighted by atomic mass is 19.1. The lowest BCUT2D eigenvalue weighted by Crippen LogP contribution is -2.40. The van der Waals surface area contributed by atoms with Crippen LogP contribution in [0.2, 0.25) is 0 Å². The Hall–Kier alpha value is -2.89. The number of carbonyl (C=O) groups excluding carboxylic acids is 2. The summed E-state index contributed by atoms with van der Waals surface area (Å²) in [6.45, 7) is 3.56. The SMILES string of the molecule is COc1ccc(C2(C)NC(=O)N(Cc3cccc(F)c3)C2=O)cc1C. The van der Waals surface area contributed by atoms with Gasteiger partial charge in [-0.1, -0.05) is 18.2 Å². The second-order valence-electron chi connectivity index (χ2n) is 6.26. The van der Waals surface area contributed by atoms with Crippen LogP contribution in [0, 0.1) is 12.7 Å². The summed E-state index contributed by atoms with van der Waals surface area (Å²) in [5.41, 5.74) is 0.929. The summed E-state index contributed by atoms with van der Waals surface area (Å²) in [7, 11) is 1.58. The molecule has 0 radical (unpaired) electrons. The highest BCUT2D eigenvalue weighted by Crippen LogP contribution is 2.32. The fourth-order valence-corrected chi connectivity index (χ4v) is 3.04. The molecule has 1 atom stereocenters. The summed E-state index contributed by atoms with van der Waals surface area (Å²) in [6.07, 6.45) is 0. The number of ether oxygens (including phenoxy) is 1. The molecule has 1 heterocycles. The van der Waals surface area contributed by atoms with Gasteiger partial charge in [0.2, 0.25) is 0 Å². The maximum atomic E-state index is 13.4. The van der Waals surface area contributed by atoms with Crippen molar-refractivity contribution >= 4 is 11.9 Å². The van der Waals surface area contributed by atoms with E-state index in [1.54, 1.807) is 38.3 Å². The number of hydrogen-bond acceptors (Lipinski definition) is 3. The quantitative estimate of drug-likeness (QED) is 0.869. The molecule has 5 nitrogen and oxygen atoms in total. The molecule has 3 rings (SSSR count). The van der Waals surface area contributed by atoms with Crippen LogP contribution in [0.15, 0.2) is 42.5 Å². The van der Waals surface area contributed by atoms with E-state index < -0.39 is 17.4 Å². The van der Waals surface area contributed by atoms with Crippen LogP contribution in [0.1, 0.15) is 23.6 Å². The molecule has 1 unspecified atom stereocenters. The molecule has 1 saturated heterocycles. The molecule has 1 aliphatic rings. The van der Waals surface area contributed by atoms with Crippen LogP contribution in [0.3, 0.4) is 0 Å². The van der Waals surface area contributed by atoms with Crippen LogP contribution in [-0.2, 0) is 16.9 Å². The van der Waals surface area contributed by atoms with Crippen molar-refractivity contribution in [2.24, 2.45) is 0 Å². The van der Waals surface area contributed by atoms with Crippen molar-refractivity contribution in [3.63, 3.8) is 0 Å². The fourth-order valence-electron chi connectivity index (χ4n) is 3.04. The van der Waals surface area contributed by atoms with E-state index in [-0.39, 0.29) is 12.5 Å². The Morgan fingerprint density at radius 2 is 1.96 bits per heavy atom. The summed E-state index contributed by atoms with van der Waals surface area (Å²) in [6, 6.07) is 10.7. The third kappa shape index (κ3) is 2.95. The van der Waals surface area contributed by atoms with Crippen LogP contribution in [0.4, 0.5) is 9.18 Å². The Balaban J connectivity index is 1.90. The number of methoxy groups -OCH3 is 1. The van der Waals surface area contributed by atoms with Crippen molar-refractivity contribution in [3.8, 4) is 5.75 Å². The topological polar surface area (TPSA) is 58.6 Å². The predicted molar refractivity (Wildman–Crippen MR) is 90.6 cm³/mol. The Morgan fingerprint density at radius 1 is 1.20 bits per heavy atom. The third-order valence-electron chi connectivity index (χ3n) is 4.48. The van der Waals surface area contributed by atoms with E-state index in [1.165, 1.54) is 12.1 Å². The normalized spacial score (nSPS) is 19.9. The molecule has 0 saturated carbocycles. The van der Waals surface area contributed by atoms with Gasteiger partial charge in [0.15, 0.2) is 0 Å². The Morgan fingerprint density at radius 3 is 2.60 bits per heavy atom. The molecule has 0 aliphatic carbocycles. The molecule has 6 heteroatoms. The number of hydrogen-bond donors (Lipinski definition) is 1. The number of rotatable bonds is 4. The van der Waals surface area contributed by atoms with Crippen LogP contribution in [0.25, 0.3) is 0 Å². The van der Waals surface area contributed by atoms with Crippen molar-refractivity contribution in [2.45, 2.75) is 25.9 Å². The second kappa shape index (κ2) is 6.20. The van der Waals surface area contributed by atoms with Gasteiger partial charge >= 0.3 is 6.03 Å². The maximum Gasteiger partial charge on any atom is 0.325 e. The van der Waals surface area contributed by atoms with Crippen molar-refractivity contribution < 1.29 is 18.7 Å². The highest BCUT2D eigenvalue weighted by Gasteiger charge is 2.49. The lowest BCUT2D eigenvalue weighted by molar-refractivity contribution is -0.131. The van der Waals surface area contributed by atoms with Crippen molar-refractivity contribution in [1.82, 2.24) is 10.2 Å². The van der Waals surface area contributed by atoms with E-state index in [4.69, 9.17) is 4.74 Å². The molecule has 0 spiro atoms. The largest absolute Gasteiger partial charge is 0.496 e. The van der Waals surface area contributed by atoms with Crippen molar-refractivity contribution in [3.05, 3.63) is 65.0 Å². The van der Waals surface area contributed by atoms with Gasteiger partial charge in [-0.15, -0.1) is 0 Å². The summed E-state index contributed by atoms with van der Waals surface area (Å²) in [4.78, 5) is 26.4. The van der Waals surface area contributed by atoms with Gasteiger partial charge in [-0.05, 0) is 54.8 Å². The molecule has 1 fully saturated rings. The molecule has 2 aromatic carbocycles. The first-order chi connectivity index (χ1) is 11.8. The van der Waals surface area contributed by atoms with Crippen LogP contribution in [0.5, 0.6) is 5.75 Å². The number of nitrogens with zero attached hydrogens (tertiary/aromatic N) is 1. The van der Waals surface area contributed by atoms with E-state index in [0.29, 0.717) is 16.9 Å². The first-order valence-electron chi connectivity index (χ1n) is 7.89. The number of nitrogens with one attached hydrogen (secondary N) is 1. The molecular formula is C19H19FN2O3. The second-order valence-corrected chi connectivity index (χ2v) is 6.26. The van der Waals surface area contributed by atoms with E-state index >= 15 is 0 Å². The third-order valence-corrected chi connectivity index (χ3v) is 4.48. The molecular weight excluding hydrogens is 323 g/mol. The van der Waals surface area contributed by atoms with Gasteiger partial charge in [0, 0.05) is 0 Å². The van der Waals surface area contributed by atoms with E-state index in [9.17, 15) is 14.0 Å². The number of halogens is 1.